The molecule has 216 valence electrons. The van der Waals surface area contributed by atoms with Gasteiger partial charge in [0.25, 0.3) is 0 Å². The first-order chi connectivity index (χ1) is 20.6. The van der Waals surface area contributed by atoms with Gasteiger partial charge in [0.15, 0.2) is 5.92 Å². The molecule has 1 heterocycles. The summed E-state index contributed by atoms with van der Waals surface area (Å²) in [4.78, 5) is 25.8. The van der Waals surface area contributed by atoms with Crippen molar-refractivity contribution in [3.63, 3.8) is 0 Å². The zero-order valence-corrected chi connectivity index (χ0v) is 24.0. The van der Waals surface area contributed by atoms with E-state index in [0.29, 0.717) is 6.61 Å². The Labute approximate surface area is 246 Å². The number of hydrogen-bond acceptors (Lipinski definition) is 7. The quantitative estimate of drug-likeness (QED) is 0.124. The van der Waals surface area contributed by atoms with Crippen molar-refractivity contribution in [2.24, 2.45) is 11.0 Å². The van der Waals surface area contributed by atoms with E-state index in [0.717, 1.165) is 46.8 Å². The van der Waals surface area contributed by atoms with Crippen molar-refractivity contribution in [2.75, 3.05) is 27.4 Å². The lowest BCUT2D eigenvalue weighted by Crippen LogP contribution is -2.34. The third kappa shape index (κ3) is 6.69. The number of esters is 2. The zero-order valence-electron chi connectivity index (χ0n) is 24.0. The number of carbonyl (C=O) groups excluding carboxylic acids is 2. The molecule has 0 aromatic heterocycles. The molecule has 4 aromatic rings. The average Bonchev–Trinajstić information content (AvgIpc) is 3.50. The predicted molar refractivity (Wildman–Crippen MR) is 163 cm³/mol. The Kier molecular flexibility index (Phi) is 9.62. The molecule has 7 nitrogen and oxygen atoms in total. The van der Waals surface area contributed by atoms with Gasteiger partial charge in [-0.15, -0.1) is 0 Å². The van der Waals surface area contributed by atoms with Crippen LogP contribution in [0.15, 0.2) is 108 Å². The normalized spacial score (nSPS) is 15.9. The van der Waals surface area contributed by atoms with Crippen LogP contribution in [0.5, 0.6) is 0 Å². The van der Waals surface area contributed by atoms with E-state index in [1.807, 2.05) is 83.9 Å². The number of ether oxygens (including phenoxy) is 3. The monoisotopic (exact) mass is 564 g/mol. The number of hydrogen-bond donors (Lipinski definition) is 0. The Morgan fingerprint density at radius 2 is 1.40 bits per heavy atom. The zero-order chi connectivity index (χ0) is 29.3. The topological polar surface area (TPSA) is 77.4 Å². The second-order valence-corrected chi connectivity index (χ2v) is 10.4. The van der Waals surface area contributed by atoms with E-state index in [1.165, 1.54) is 14.2 Å². The molecule has 0 aliphatic carbocycles. The van der Waals surface area contributed by atoms with E-state index >= 15 is 0 Å². The smallest absolute Gasteiger partial charge is 0.321 e. The Balaban J connectivity index is 1.40. The van der Waals surface area contributed by atoms with Gasteiger partial charge in [-0.2, -0.15) is 5.10 Å². The lowest BCUT2D eigenvalue weighted by Gasteiger charge is -2.26. The Morgan fingerprint density at radius 3 is 2.02 bits per heavy atom. The number of carbonyl (C=O) groups is 2. The van der Waals surface area contributed by atoms with Crippen LogP contribution in [-0.4, -0.2) is 56.6 Å². The van der Waals surface area contributed by atoms with Crippen LogP contribution in [0.3, 0.4) is 0 Å². The summed E-state index contributed by atoms with van der Waals surface area (Å²) in [5.41, 5.74) is 2.96. The van der Waals surface area contributed by atoms with Gasteiger partial charge in [-0.25, -0.2) is 0 Å². The van der Waals surface area contributed by atoms with Crippen LogP contribution in [-0.2, 0) is 23.8 Å². The summed E-state index contributed by atoms with van der Waals surface area (Å²) in [5.74, 6) is -3.21. The maximum absolute atomic E-state index is 12.9. The first-order valence-corrected chi connectivity index (χ1v) is 14.3. The van der Waals surface area contributed by atoms with Gasteiger partial charge in [0.05, 0.1) is 26.9 Å². The van der Waals surface area contributed by atoms with Gasteiger partial charge >= 0.3 is 11.9 Å². The fourth-order valence-electron chi connectivity index (χ4n) is 5.57. The van der Waals surface area contributed by atoms with Gasteiger partial charge < -0.3 is 14.2 Å². The number of hydrazone groups is 1. The van der Waals surface area contributed by atoms with Crippen molar-refractivity contribution in [2.45, 2.75) is 30.9 Å². The van der Waals surface area contributed by atoms with Crippen molar-refractivity contribution >= 4 is 28.9 Å². The minimum Gasteiger partial charge on any atom is -0.468 e. The molecule has 0 amide bonds. The molecular formula is C35H36N2O5. The van der Waals surface area contributed by atoms with E-state index in [2.05, 4.69) is 24.3 Å². The maximum atomic E-state index is 12.9. The van der Waals surface area contributed by atoms with Crippen LogP contribution in [0, 0.1) is 5.92 Å². The van der Waals surface area contributed by atoms with E-state index in [4.69, 9.17) is 19.3 Å². The van der Waals surface area contributed by atoms with Crippen LogP contribution >= 0.6 is 0 Å². The molecule has 0 radical (unpaired) electrons. The minimum atomic E-state index is -1.19. The second kappa shape index (κ2) is 13.9. The number of nitrogens with zero attached hydrogens (tertiary/aromatic N) is 2. The predicted octanol–water partition coefficient (Wildman–Crippen LogP) is 6.14. The van der Waals surface area contributed by atoms with E-state index in [-0.39, 0.29) is 12.1 Å². The molecule has 1 aliphatic rings. The van der Waals surface area contributed by atoms with Crippen molar-refractivity contribution < 1.29 is 23.8 Å². The van der Waals surface area contributed by atoms with E-state index in [1.54, 1.807) is 6.21 Å². The van der Waals surface area contributed by atoms with Crippen molar-refractivity contribution in [1.29, 1.82) is 0 Å². The SMILES string of the molecule is COC(=O)C(C(=O)OC)[C@H](/C=N/N1CCC[C@H]1COC(c1ccccc1)c1ccccc1)c1ccc2ccccc2c1. The molecular weight excluding hydrogens is 528 g/mol. The van der Waals surface area contributed by atoms with Crippen LogP contribution in [0.2, 0.25) is 0 Å². The highest BCUT2D eigenvalue weighted by Gasteiger charge is 2.38. The molecule has 7 heteroatoms. The molecule has 0 unspecified atom stereocenters. The summed E-state index contributed by atoms with van der Waals surface area (Å²) in [7, 11) is 2.55. The van der Waals surface area contributed by atoms with E-state index in [9.17, 15) is 9.59 Å². The third-order valence-corrected chi connectivity index (χ3v) is 7.81. The highest BCUT2D eigenvalue weighted by molar-refractivity contribution is 6.00. The first kappa shape index (κ1) is 29.0. The first-order valence-electron chi connectivity index (χ1n) is 14.3. The molecule has 0 saturated carbocycles. The highest BCUT2D eigenvalue weighted by atomic mass is 16.5. The van der Waals surface area contributed by atoms with Crippen molar-refractivity contribution in [3.8, 4) is 0 Å². The number of methoxy groups -OCH3 is 2. The lowest BCUT2D eigenvalue weighted by atomic mass is 9.85. The summed E-state index contributed by atoms with van der Waals surface area (Å²) >= 11 is 0. The molecule has 42 heavy (non-hydrogen) atoms. The number of benzene rings is 4. The summed E-state index contributed by atoms with van der Waals surface area (Å²) in [6.07, 6.45) is 3.37. The molecule has 5 rings (SSSR count). The average molecular weight is 565 g/mol. The Morgan fingerprint density at radius 1 is 0.810 bits per heavy atom. The molecule has 0 bridgehead atoms. The van der Waals surface area contributed by atoms with Crippen molar-refractivity contribution in [3.05, 3.63) is 120 Å². The summed E-state index contributed by atoms with van der Waals surface area (Å²) in [6, 6.07) is 34.3. The van der Waals surface area contributed by atoms with Gasteiger partial charge in [0, 0.05) is 18.7 Å². The molecule has 2 atom stereocenters. The molecule has 4 aromatic carbocycles. The van der Waals surface area contributed by atoms with Gasteiger partial charge in [-0.1, -0.05) is 103 Å². The Bertz CT molecular complexity index is 1450. The van der Waals surface area contributed by atoms with Crippen LogP contribution in [0.1, 0.15) is 41.6 Å². The van der Waals surface area contributed by atoms with E-state index < -0.39 is 23.8 Å². The van der Waals surface area contributed by atoms with Crippen LogP contribution in [0.4, 0.5) is 0 Å². The van der Waals surface area contributed by atoms with Crippen LogP contribution < -0.4 is 0 Å². The van der Waals surface area contributed by atoms with Crippen molar-refractivity contribution in [1.82, 2.24) is 5.01 Å². The lowest BCUT2D eigenvalue weighted by molar-refractivity contribution is -0.159. The largest absolute Gasteiger partial charge is 0.468 e. The fraction of sp³-hybridized carbons (Fsp3) is 0.286. The highest BCUT2D eigenvalue weighted by Crippen LogP contribution is 2.31. The summed E-state index contributed by atoms with van der Waals surface area (Å²) in [6.45, 7) is 1.22. The maximum Gasteiger partial charge on any atom is 0.321 e. The molecule has 1 fully saturated rings. The van der Waals surface area contributed by atoms with Gasteiger partial charge in [-0.3, -0.25) is 14.6 Å². The fourth-order valence-corrected chi connectivity index (χ4v) is 5.57. The third-order valence-electron chi connectivity index (χ3n) is 7.81. The summed E-state index contributed by atoms with van der Waals surface area (Å²) in [5, 5.41) is 8.92. The number of rotatable bonds is 11. The molecule has 1 saturated heterocycles. The van der Waals surface area contributed by atoms with Crippen LogP contribution in [0.25, 0.3) is 10.8 Å². The standard InChI is InChI=1S/C35H36N2O5/c1-40-34(38)32(35(39)41-2)31(29-20-19-25-12-9-10-17-28(25)22-29)23-36-37-21-11-18-30(37)24-42-33(26-13-5-3-6-14-26)27-15-7-4-8-16-27/h3-10,12-17,19-20,22-23,30-33H,11,18,21,24H2,1-2H3/b36-23+/t30-,31+/m0/s1. The Hall–Kier alpha value is -4.49. The molecule has 0 N–H and O–H groups in total. The van der Waals surface area contributed by atoms with Gasteiger partial charge in [0.2, 0.25) is 0 Å². The van der Waals surface area contributed by atoms with Gasteiger partial charge in [-0.05, 0) is 40.3 Å². The molecule has 0 spiro atoms. The minimum absolute atomic E-state index is 0.0446. The second-order valence-electron chi connectivity index (χ2n) is 10.4. The molecule has 1 aliphatic heterocycles. The van der Waals surface area contributed by atoms with Gasteiger partial charge in [0.1, 0.15) is 6.10 Å². The number of fused-ring (bicyclic) bond motifs is 1. The summed E-state index contributed by atoms with van der Waals surface area (Å²) < 4.78 is 16.6.